The molecular weight excluding hydrogens is 324 g/mol. The highest BCUT2D eigenvalue weighted by Crippen LogP contribution is 2.30. The highest BCUT2D eigenvalue weighted by molar-refractivity contribution is 5.77. The van der Waals surface area contributed by atoms with Gasteiger partial charge in [-0.1, -0.05) is 18.2 Å². The highest BCUT2D eigenvalue weighted by atomic mass is 19.1. The Kier molecular flexibility index (Phi) is 5.31. The molecule has 1 fully saturated rings. The molecule has 132 valence electrons. The normalized spacial score (nSPS) is 13.6. The summed E-state index contributed by atoms with van der Waals surface area (Å²) in [6, 6.07) is 11.3. The van der Waals surface area contributed by atoms with Crippen molar-refractivity contribution in [2.24, 2.45) is 0 Å². The second kappa shape index (κ2) is 7.64. The quantitative estimate of drug-likeness (QED) is 0.756. The Morgan fingerprint density at radius 1 is 1.16 bits per heavy atom. The van der Waals surface area contributed by atoms with E-state index in [2.05, 4.69) is 0 Å². The first kappa shape index (κ1) is 17.4. The molecule has 0 aliphatic heterocycles. The molecule has 2 aromatic carbocycles. The fraction of sp³-hybridized carbons (Fsp3) is 0.350. The molecule has 1 saturated carbocycles. The molecule has 0 atom stereocenters. The molecule has 0 spiro atoms. The molecule has 5 heteroatoms. The molecule has 0 radical (unpaired) electrons. The van der Waals surface area contributed by atoms with Gasteiger partial charge in [-0.25, -0.2) is 8.78 Å². The summed E-state index contributed by atoms with van der Waals surface area (Å²) in [5.74, 6) is -0.429. The van der Waals surface area contributed by atoms with E-state index in [1.807, 2.05) is 24.3 Å². The summed E-state index contributed by atoms with van der Waals surface area (Å²) < 4.78 is 32.1. The Labute approximate surface area is 146 Å². The number of hydrogen-bond donors (Lipinski definition) is 0. The Morgan fingerprint density at radius 2 is 1.88 bits per heavy atom. The van der Waals surface area contributed by atoms with Crippen LogP contribution in [0.4, 0.5) is 8.78 Å². The van der Waals surface area contributed by atoms with Gasteiger partial charge in [0.25, 0.3) is 0 Å². The van der Waals surface area contributed by atoms with E-state index in [4.69, 9.17) is 4.74 Å². The number of hydrogen-bond acceptors (Lipinski definition) is 2. The zero-order valence-corrected chi connectivity index (χ0v) is 14.2. The van der Waals surface area contributed by atoms with Crippen molar-refractivity contribution in [3.63, 3.8) is 0 Å². The fourth-order valence-electron chi connectivity index (χ4n) is 2.83. The van der Waals surface area contributed by atoms with Crippen LogP contribution in [0.15, 0.2) is 42.5 Å². The fourth-order valence-corrected chi connectivity index (χ4v) is 2.83. The first-order valence-electron chi connectivity index (χ1n) is 8.43. The van der Waals surface area contributed by atoms with Crippen LogP contribution in [0, 0.1) is 11.6 Å². The number of carbonyl (C=O) groups excluding carboxylic acids is 1. The van der Waals surface area contributed by atoms with E-state index in [1.54, 1.807) is 12.0 Å². The van der Waals surface area contributed by atoms with E-state index in [0.29, 0.717) is 18.4 Å². The van der Waals surface area contributed by atoms with Crippen molar-refractivity contribution in [3.05, 3.63) is 65.2 Å². The first-order chi connectivity index (χ1) is 12.1. The molecule has 1 aliphatic rings. The summed E-state index contributed by atoms with van der Waals surface area (Å²) in [7, 11) is 1.61. The molecule has 3 rings (SSSR count). The Hall–Kier alpha value is -2.43. The number of carbonyl (C=O) groups is 1. The highest BCUT2D eigenvalue weighted by Gasteiger charge is 2.32. The van der Waals surface area contributed by atoms with Gasteiger partial charge in [0, 0.05) is 30.6 Å². The van der Waals surface area contributed by atoms with Crippen molar-refractivity contribution in [2.75, 3.05) is 7.11 Å². The lowest BCUT2D eigenvalue weighted by Crippen LogP contribution is -2.33. The molecule has 0 aromatic heterocycles. The van der Waals surface area contributed by atoms with E-state index in [1.165, 1.54) is 12.1 Å². The zero-order chi connectivity index (χ0) is 17.8. The Balaban J connectivity index is 1.62. The summed E-state index contributed by atoms with van der Waals surface area (Å²) in [5.41, 5.74) is 1.41. The molecule has 3 nitrogen and oxygen atoms in total. The van der Waals surface area contributed by atoms with E-state index in [9.17, 15) is 13.6 Å². The van der Waals surface area contributed by atoms with Gasteiger partial charge in [0.15, 0.2) is 0 Å². The Morgan fingerprint density at radius 3 is 2.48 bits per heavy atom. The minimum absolute atomic E-state index is 0.00189. The third-order valence-electron chi connectivity index (χ3n) is 4.45. The van der Waals surface area contributed by atoms with Gasteiger partial charge in [-0.15, -0.1) is 0 Å². The first-order valence-corrected chi connectivity index (χ1v) is 8.43. The predicted molar refractivity (Wildman–Crippen MR) is 91.2 cm³/mol. The molecule has 25 heavy (non-hydrogen) atoms. The van der Waals surface area contributed by atoms with Gasteiger partial charge in [-0.3, -0.25) is 4.79 Å². The van der Waals surface area contributed by atoms with Gasteiger partial charge in [-0.05, 0) is 43.0 Å². The summed E-state index contributed by atoms with van der Waals surface area (Å²) in [6.45, 7) is 0.193. The van der Waals surface area contributed by atoms with Crippen LogP contribution in [-0.4, -0.2) is 24.0 Å². The van der Waals surface area contributed by atoms with Crippen LogP contribution < -0.4 is 4.74 Å². The maximum absolute atomic E-state index is 13.9. The molecule has 0 unspecified atom stereocenters. The molecule has 0 saturated heterocycles. The molecule has 1 amide bonds. The van der Waals surface area contributed by atoms with Gasteiger partial charge < -0.3 is 9.64 Å². The van der Waals surface area contributed by atoms with E-state index in [-0.39, 0.29) is 18.5 Å². The van der Waals surface area contributed by atoms with Gasteiger partial charge in [0.1, 0.15) is 17.4 Å². The van der Waals surface area contributed by atoms with E-state index >= 15 is 0 Å². The number of benzene rings is 2. The van der Waals surface area contributed by atoms with Gasteiger partial charge in [0.2, 0.25) is 5.91 Å². The van der Waals surface area contributed by atoms with Crippen LogP contribution >= 0.6 is 0 Å². The molecule has 0 N–H and O–H groups in total. The van der Waals surface area contributed by atoms with Gasteiger partial charge >= 0.3 is 0 Å². The SMILES string of the molecule is COc1ccc(CCC(=O)N(Cc2ccc(F)cc2F)C2CC2)cc1. The summed E-state index contributed by atoms with van der Waals surface area (Å²) in [4.78, 5) is 14.3. The number of nitrogens with zero attached hydrogens (tertiary/aromatic N) is 1. The van der Waals surface area contributed by atoms with Crippen LogP contribution in [0.1, 0.15) is 30.4 Å². The van der Waals surface area contributed by atoms with Crippen molar-refractivity contribution in [2.45, 2.75) is 38.3 Å². The minimum atomic E-state index is -0.606. The van der Waals surface area contributed by atoms with Crippen molar-refractivity contribution >= 4 is 5.91 Å². The van der Waals surface area contributed by atoms with E-state index < -0.39 is 11.6 Å². The summed E-state index contributed by atoms with van der Waals surface area (Å²) in [5, 5.41) is 0. The summed E-state index contributed by atoms with van der Waals surface area (Å²) >= 11 is 0. The van der Waals surface area contributed by atoms with Crippen molar-refractivity contribution in [1.29, 1.82) is 0 Å². The third-order valence-corrected chi connectivity index (χ3v) is 4.45. The molecule has 2 aromatic rings. The smallest absolute Gasteiger partial charge is 0.223 e. The Bertz CT molecular complexity index is 742. The third kappa shape index (κ3) is 4.56. The molecular formula is C20H21F2NO2. The number of rotatable bonds is 7. The molecule has 1 aliphatic carbocycles. The zero-order valence-electron chi connectivity index (χ0n) is 14.2. The number of methoxy groups -OCH3 is 1. The number of amides is 1. The van der Waals surface area contributed by atoms with Crippen LogP contribution in [0.5, 0.6) is 5.75 Å². The number of halogens is 2. The molecule has 0 heterocycles. The lowest BCUT2D eigenvalue weighted by molar-refractivity contribution is -0.132. The second-order valence-corrected chi connectivity index (χ2v) is 6.34. The van der Waals surface area contributed by atoms with Crippen molar-refractivity contribution in [1.82, 2.24) is 4.90 Å². The van der Waals surface area contributed by atoms with E-state index in [0.717, 1.165) is 30.2 Å². The van der Waals surface area contributed by atoms with Crippen LogP contribution in [0.2, 0.25) is 0 Å². The van der Waals surface area contributed by atoms with Crippen LogP contribution in [0.3, 0.4) is 0 Å². The average molecular weight is 345 g/mol. The summed E-state index contributed by atoms with van der Waals surface area (Å²) in [6.07, 6.45) is 2.87. The monoisotopic (exact) mass is 345 g/mol. The standard InChI is InChI=1S/C20H21F2NO2/c1-25-18-9-2-14(3-10-18)4-11-20(24)23(17-7-8-17)13-15-5-6-16(21)12-19(15)22/h2-3,5-6,9-10,12,17H,4,7-8,11,13H2,1H3. The lowest BCUT2D eigenvalue weighted by Gasteiger charge is -2.23. The predicted octanol–water partition coefficient (Wildman–Crippen LogP) is 4.10. The maximum Gasteiger partial charge on any atom is 0.223 e. The minimum Gasteiger partial charge on any atom is -0.497 e. The van der Waals surface area contributed by atoms with Gasteiger partial charge in [-0.2, -0.15) is 0 Å². The van der Waals surface area contributed by atoms with Crippen molar-refractivity contribution in [3.8, 4) is 5.75 Å². The van der Waals surface area contributed by atoms with Gasteiger partial charge in [0.05, 0.1) is 7.11 Å². The van der Waals surface area contributed by atoms with Crippen molar-refractivity contribution < 1.29 is 18.3 Å². The number of aryl methyl sites for hydroxylation is 1. The van der Waals surface area contributed by atoms with Crippen LogP contribution in [-0.2, 0) is 17.8 Å². The average Bonchev–Trinajstić information content (AvgIpc) is 3.44. The van der Waals surface area contributed by atoms with Crippen LogP contribution in [0.25, 0.3) is 0 Å². The maximum atomic E-state index is 13.9. The molecule has 0 bridgehead atoms. The second-order valence-electron chi connectivity index (χ2n) is 6.34. The largest absolute Gasteiger partial charge is 0.497 e. The number of ether oxygens (including phenoxy) is 1. The topological polar surface area (TPSA) is 29.5 Å². The lowest BCUT2D eigenvalue weighted by atomic mass is 10.1.